The van der Waals surface area contributed by atoms with Crippen molar-refractivity contribution < 1.29 is 18.7 Å². The molecule has 3 rings (SSSR count). The van der Waals surface area contributed by atoms with Gasteiger partial charge in [0.1, 0.15) is 6.79 Å². The highest BCUT2D eigenvalue weighted by molar-refractivity contribution is 7.76. The highest BCUT2D eigenvalue weighted by Crippen LogP contribution is 2.56. The maximum absolute atomic E-state index is 10.3. The average Bonchev–Trinajstić information content (AvgIpc) is 3.51. The van der Waals surface area contributed by atoms with Crippen molar-refractivity contribution >= 4 is 18.1 Å². The summed E-state index contributed by atoms with van der Waals surface area (Å²) in [6.45, 7) is 19.2. The van der Waals surface area contributed by atoms with E-state index in [9.17, 15) is 9.32 Å². The zero-order valence-corrected chi connectivity index (χ0v) is 25.7. The van der Waals surface area contributed by atoms with Gasteiger partial charge in [0.25, 0.3) is 0 Å². The number of nitrogens with two attached hydrogens (primary N) is 1. The fraction of sp³-hybridized carbons (Fsp3) is 0.967. The van der Waals surface area contributed by atoms with Gasteiger partial charge in [0.05, 0.1) is 6.10 Å². The van der Waals surface area contributed by atoms with Gasteiger partial charge in [0.15, 0.2) is 0 Å². The lowest BCUT2D eigenvalue weighted by molar-refractivity contribution is -0.0980. The number of rotatable bonds is 10. The summed E-state index contributed by atoms with van der Waals surface area (Å²) in [6, 6.07) is 0. The molecule has 0 radical (unpaired) electrons. The van der Waals surface area contributed by atoms with E-state index in [4.69, 9.17) is 15.1 Å². The lowest BCUT2D eigenvalue weighted by Crippen LogP contribution is -2.40. The SMILES string of the molecule is C=O.CCCC1(C)C(CCN)CC[C@H]1C(C)C[C@H](CC)C1C[C@H](O)CCC1(C)C.O=S(O)N1CCCC1. The molecule has 0 amide bonds. The second kappa shape index (κ2) is 16.7. The Labute approximate surface area is 231 Å². The highest BCUT2D eigenvalue weighted by atomic mass is 32.2. The summed E-state index contributed by atoms with van der Waals surface area (Å²) in [5.74, 6) is 3.88. The second-order valence-electron chi connectivity index (χ2n) is 13.0. The van der Waals surface area contributed by atoms with Gasteiger partial charge >= 0.3 is 0 Å². The molecule has 0 aromatic rings. The Morgan fingerprint density at radius 1 is 1.08 bits per heavy atom. The molecule has 1 heterocycles. The summed E-state index contributed by atoms with van der Waals surface area (Å²) >= 11 is -1.71. The molecule has 220 valence electrons. The number of hydrogen-bond donors (Lipinski definition) is 3. The van der Waals surface area contributed by atoms with E-state index in [1.165, 1.54) is 51.4 Å². The summed E-state index contributed by atoms with van der Waals surface area (Å²) in [5.41, 5.74) is 6.82. The van der Waals surface area contributed by atoms with Gasteiger partial charge < -0.3 is 15.6 Å². The molecule has 8 atom stereocenters. The van der Waals surface area contributed by atoms with Crippen LogP contribution in [0.5, 0.6) is 0 Å². The van der Waals surface area contributed by atoms with E-state index in [2.05, 4.69) is 41.5 Å². The third-order valence-corrected chi connectivity index (χ3v) is 11.1. The third-order valence-electron chi connectivity index (χ3n) is 10.3. The molecule has 0 bridgehead atoms. The summed E-state index contributed by atoms with van der Waals surface area (Å²) in [5, 5.41) is 10.3. The van der Waals surface area contributed by atoms with Gasteiger partial charge in [0, 0.05) is 13.1 Å². The molecule has 2 aliphatic carbocycles. The van der Waals surface area contributed by atoms with E-state index in [0.717, 1.165) is 69.0 Å². The standard InChI is InChI=1S/C25H49NO.C4H9NO2S.CH2O/c1-7-13-25(6)20(12-15-26)9-10-22(25)18(3)16-19(8-2)23-17-21(27)11-14-24(23,4)5;6-8(7)5-3-1-2-4-5;1-2/h18-23,27H,7-17,26H2,1-6H3;1-4H2,(H,6,7);1H2/t18?,19-,20?,21+,22-,23?,25?;;/m0../s1. The van der Waals surface area contributed by atoms with Gasteiger partial charge in [-0.15, -0.1) is 0 Å². The Bertz CT molecular complexity index is 657. The van der Waals surface area contributed by atoms with Crippen LogP contribution in [0.2, 0.25) is 0 Å². The van der Waals surface area contributed by atoms with E-state index in [1.807, 2.05) is 6.79 Å². The molecule has 0 aromatic heterocycles. The summed E-state index contributed by atoms with van der Waals surface area (Å²) in [6.07, 6.45) is 14.5. The Morgan fingerprint density at radius 3 is 2.19 bits per heavy atom. The molecule has 1 saturated heterocycles. The van der Waals surface area contributed by atoms with E-state index >= 15 is 0 Å². The molecule has 37 heavy (non-hydrogen) atoms. The minimum absolute atomic E-state index is 0.0712. The van der Waals surface area contributed by atoms with Crippen LogP contribution in [0.25, 0.3) is 0 Å². The summed E-state index contributed by atoms with van der Waals surface area (Å²) < 4.78 is 20.2. The van der Waals surface area contributed by atoms with E-state index in [-0.39, 0.29) is 6.10 Å². The van der Waals surface area contributed by atoms with Crippen LogP contribution in [-0.4, -0.2) is 50.7 Å². The highest BCUT2D eigenvalue weighted by Gasteiger charge is 2.48. The van der Waals surface area contributed by atoms with Crippen LogP contribution in [-0.2, 0) is 16.1 Å². The van der Waals surface area contributed by atoms with Gasteiger partial charge in [-0.1, -0.05) is 54.4 Å². The fourth-order valence-electron chi connectivity index (χ4n) is 8.27. The van der Waals surface area contributed by atoms with Gasteiger partial charge in [0.2, 0.25) is 11.3 Å². The van der Waals surface area contributed by atoms with Crippen LogP contribution in [0.3, 0.4) is 0 Å². The first kappa shape index (κ1) is 34.7. The van der Waals surface area contributed by atoms with Crippen LogP contribution in [0.15, 0.2) is 0 Å². The third kappa shape index (κ3) is 9.66. The molecule has 3 aliphatic rings. The van der Waals surface area contributed by atoms with Crippen LogP contribution >= 0.6 is 0 Å². The Morgan fingerprint density at radius 2 is 1.70 bits per heavy atom. The molecule has 1 aliphatic heterocycles. The summed E-state index contributed by atoms with van der Waals surface area (Å²) in [4.78, 5) is 8.00. The molecular formula is C30H60N2O4S. The Hall–Kier alpha value is -0.340. The van der Waals surface area contributed by atoms with Crippen molar-refractivity contribution in [2.75, 3.05) is 19.6 Å². The van der Waals surface area contributed by atoms with E-state index in [0.29, 0.717) is 16.7 Å². The molecule has 0 spiro atoms. The number of aliphatic hydroxyl groups is 1. The minimum atomic E-state index is -1.71. The van der Waals surface area contributed by atoms with Gasteiger partial charge in [-0.25, -0.2) is 8.51 Å². The first-order chi connectivity index (χ1) is 17.5. The Kier molecular flexibility index (Phi) is 15.6. The van der Waals surface area contributed by atoms with Crippen LogP contribution < -0.4 is 5.73 Å². The van der Waals surface area contributed by atoms with Crippen molar-refractivity contribution in [1.29, 1.82) is 0 Å². The number of hydrogen-bond acceptors (Lipinski definition) is 4. The number of carbonyl (C=O) groups is 1. The maximum Gasteiger partial charge on any atom is 0.234 e. The molecule has 7 heteroatoms. The smallest absolute Gasteiger partial charge is 0.234 e. The number of nitrogens with zero attached hydrogens (tertiary/aromatic N) is 1. The second-order valence-corrected chi connectivity index (χ2v) is 14.0. The van der Waals surface area contributed by atoms with Crippen molar-refractivity contribution in [3.8, 4) is 0 Å². The lowest BCUT2D eigenvalue weighted by Gasteiger charge is -2.47. The Balaban J connectivity index is 0.000000574. The predicted octanol–water partition coefficient (Wildman–Crippen LogP) is 6.44. The molecule has 5 unspecified atom stereocenters. The largest absolute Gasteiger partial charge is 0.393 e. The van der Waals surface area contributed by atoms with Crippen LogP contribution in [0, 0.1) is 40.4 Å². The van der Waals surface area contributed by atoms with Crippen molar-refractivity contribution in [3.63, 3.8) is 0 Å². The summed E-state index contributed by atoms with van der Waals surface area (Å²) in [7, 11) is 0. The van der Waals surface area contributed by atoms with Crippen molar-refractivity contribution in [2.45, 2.75) is 125 Å². The molecule has 2 saturated carbocycles. The lowest BCUT2D eigenvalue weighted by atomic mass is 9.59. The normalized spacial score (nSPS) is 34.0. The first-order valence-corrected chi connectivity index (χ1v) is 16.1. The van der Waals surface area contributed by atoms with E-state index in [1.54, 1.807) is 4.31 Å². The average molecular weight is 545 g/mol. The molecule has 4 N–H and O–H groups in total. The maximum atomic E-state index is 10.3. The van der Waals surface area contributed by atoms with Gasteiger partial charge in [-0.2, -0.15) is 0 Å². The topological polar surface area (TPSA) is 104 Å². The predicted molar refractivity (Wildman–Crippen MR) is 156 cm³/mol. The van der Waals surface area contributed by atoms with Crippen molar-refractivity contribution in [1.82, 2.24) is 4.31 Å². The molecule has 3 fully saturated rings. The van der Waals surface area contributed by atoms with E-state index < -0.39 is 11.3 Å². The number of carbonyl (C=O) groups excluding carboxylic acids is 1. The molecule has 0 aromatic carbocycles. The first-order valence-electron chi connectivity index (χ1n) is 15.0. The molecule has 6 nitrogen and oxygen atoms in total. The minimum Gasteiger partial charge on any atom is -0.393 e. The van der Waals surface area contributed by atoms with Crippen molar-refractivity contribution in [2.24, 2.45) is 46.2 Å². The zero-order valence-electron chi connectivity index (χ0n) is 24.9. The van der Waals surface area contributed by atoms with Crippen molar-refractivity contribution in [3.05, 3.63) is 0 Å². The van der Waals surface area contributed by atoms with Crippen LogP contribution in [0.4, 0.5) is 0 Å². The van der Waals surface area contributed by atoms with Crippen LogP contribution in [0.1, 0.15) is 119 Å². The monoisotopic (exact) mass is 544 g/mol. The van der Waals surface area contributed by atoms with Gasteiger partial charge in [-0.05, 0) is 111 Å². The zero-order chi connectivity index (χ0) is 28.2. The van der Waals surface area contributed by atoms with Gasteiger partial charge in [-0.3, -0.25) is 4.55 Å². The molecular weight excluding hydrogens is 484 g/mol. The number of aliphatic hydroxyl groups excluding tert-OH is 1. The quantitative estimate of drug-likeness (QED) is 0.275. The fourth-order valence-corrected chi connectivity index (χ4v) is 8.84.